The van der Waals surface area contributed by atoms with Gasteiger partial charge in [0.1, 0.15) is 34.7 Å². The molecule has 24 heteroatoms. The topological polar surface area (TPSA) is 327 Å². The molecule has 0 fully saturated rings. The number of para-hydroxylation sites is 6. The molecule has 102 heavy (non-hydrogen) atoms. The van der Waals surface area contributed by atoms with Crippen molar-refractivity contribution in [3.05, 3.63) is 252 Å². The van der Waals surface area contributed by atoms with E-state index in [-0.39, 0.29) is 144 Å². The third-order valence-corrected chi connectivity index (χ3v) is 14.9. The average Bonchev–Trinajstić information content (AvgIpc) is 1.47. The van der Waals surface area contributed by atoms with Crippen LogP contribution in [0.5, 0.6) is 0 Å². The van der Waals surface area contributed by atoms with Gasteiger partial charge in [0.2, 0.25) is 0 Å². The summed E-state index contributed by atoms with van der Waals surface area (Å²) in [6, 6.07) is 41.6. The van der Waals surface area contributed by atoms with Gasteiger partial charge in [0.05, 0.1) is 34.1 Å². The first-order valence-corrected chi connectivity index (χ1v) is 31.4. The molecule has 0 spiro atoms. The fourth-order valence-corrected chi connectivity index (χ4v) is 10.7. The second-order valence-electron chi connectivity index (χ2n) is 23.1. The minimum absolute atomic E-state index is 0.00972. The molecule has 6 aliphatic rings. The number of nitrogens with zero attached hydrogens (tertiary/aromatic N) is 6. The Labute approximate surface area is 584 Å². The largest absolute Gasteiger partial charge is 0.300 e. The van der Waals surface area contributed by atoms with Crippen LogP contribution in [-0.2, 0) is 125 Å². The Morgan fingerprint density at radius 1 is 0.186 bits per heavy atom. The fourth-order valence-electron chi connectivity index (χ4n) is 10.7. The number of Topliss-reactive ketones (excluding diaryl/α,β-unsaturated/α-hetero) is 6. The third kappa shape index (κ3) is 19.9. The number of carbonyl (C=O) groups excluding carboxylic acids is 18. The van der Waals surface area contributed by atoms with Gasteiger partial charge in [-0.05, 0) is 111 Å². The van der Waals surface area contributed by atoms with E-state index in [4.69, 9.17) is 0 Å². The fraction of sp³-hybridized carbons (Fsp3) is 0.154. The quantitative estimate of drug-likeness (QED) is 0.0752. The summed E-state index contributed by atoms with van der Waals surface area (Å²) in [5.41, 5.74) is 7.05. The van der Waals surface area contributed by atoms with Gasteiger partial charge in [-0.25, -0.2) is 29.4 Å². The van der Waals surface area contributed by atoms with Gasteiger partial charge in [0.25, 0.3) is 70.9 Å². The van der Waals surface area contributed by atoms with E-state index < -0.39 is 0 Å². The molecule has 0 aliphatic carbocycles. The molecule has 0 radical (unpaired) electrons. The second kappa shape index (κ2) is 35.2. The van der Waals surface area contributed by atoms with E-state index in [1.807, 2.05) is 0 Å². The van der Waals surface area contributed by atoms with E-state index in [9.17, 15) is 86.3 Å². The Morgan fingerprint density at radius 3 is 0.382 bits per heavy atom. The molecule has 0 saturated carbocycles. The van der Waals surface area contributed by atoms with Crippen molar-refractivity contribution in [2.75, 3.05) is 29.4 Å². The lowest BCUT2D eigenvalue weighted by molar-refractivity contribution is -0.121. The second-order valence-corrected chi connectivity index (χ2v) is 23.1. The van der Waals surface area contributed by atoms with Crippen LogP contribution >= 0.6 is 0 Å². The Bertz CT molecular complexity index is 3840. The van der Waals surface area contributed by atoms with E-state index in [0.29, 0.717) is 67.5 Å². The zero-order chi connectivity index (χ0) is 74.5. The molecule has 0 saturated heterocycles. The van der Waals surface area contributed by atoms with Crippen LogP contribution in [0.1, 0.15) is 74.9 Å². The average molecular weight is 1380 g/mol. The van der Waals surface area contributed by atoms with Crippen LogP contribution in [0, 0.1) is 0 Å². The smallest absolute Gasteiger partial charge is 0.258 e. The van der Waals surface area contributed by atoms with E-state index in [2.05, 4.69) is 0 Å². The number of anilines is 6. The molecule has 24 nitrogen and oxygen atoms in total. The number of hydrogen-bond acceptors (Lipinski definition) is 18. The lowest BCUT2D eigenvalue weighted by atomic mass is 10.1. The summed E-state index contributed by atoms with van der Waals surface area (Å²) < 4.78 is 0. The zero-order valence-electron chi connectivity index (χ0n) is 56.1. The Morgan fingerprint density at radius 2 is 0.284 bits per heavy atom. The molecular weight excluding hydrogens is 1310 g/mol. The highest BCUT2D eigenvalue weighted by molar-refractivity contribution is 6.32. The summed E-state index contributed by atoms with van der Waals surface area (Å²) in [7, 11) is 0. The highest BCUT2D eigenvalue weighted by atomic mass is 16.2. The summed E-state index contributed by atoms with van der Waals surface area (Å²) in [4.78, 5) is 212. The highest BCUT2D eigenvalue weighted by Gasteiger charge is 2.32. The van der Waals surface area contributed by atoms with Crippen molar-refractivity contribution in [1.29, 1.82) is 0 Å². The molecule has 0 unspecified atom stereocenters. The zero-order valence-corrected chi connectivity index (χ0v) is 56.1. The van der Waals surface area contributed by atoms with Crippen LogP contribution in [0.2, 0.25) is 0 Å². The number of benzene rings is 6. The maximum absolute atomic E-state index is 11.6. The van der Waals surface area contributed by atoms with E-state index in [1.165, 1.54) is 114 Å². The third-order valence-electron chi connectivity index (χ3n) is 14.9. The van der Waals surface area contributed by atoms with Gasteiger partial charge in [-0.1, -0.05) is 109 Å². The van der Waals surface area contributed by atoms with Crippen LogP contribution in [0.15, 0.2) is 219 Å². The minimum atomic E-state index is -0.369. The predicted molar refractivity (Wildman–Crippen MR) is 375 cm³/mol. The van der Waals surface area contributed by atoms with Crippen LogP contribution in [-0.4, -0.2) is 106 Å². The molecule has 6 aromatic carbocycles. The summed E-state index contributed by atoms with van der Waals surface area (Å²) in [5.74, 6) is -4.49. The first-order valence-electron chi connectivity index (χ1n) is 31.4. The van der Waals surface area contributed by atoms with Crippen LogP contribution in [0.3, 0.4) is 0 Å². The molecule has 6 heterocycles. The summed E-state index contributed by atoms with van der Waals surface area (Å²) in [6.07, 6.45) is 16.0. The standard InChI is InChI=1S/6C13H11NO3/c6*1-9(15)8-10-4-2-3-5-11(10)14-12(16)6-7-13(14)17/h6*2-7H,8H2,1H3. The van der Waals surface area contributed by atoms with Crippen LogP contribution in [0.4, 0.5) is 34.1 Å². The van der Waals surface area contributed by atoms with E-state index in [1.54, 1.807) is 146 Å². The van der Waals surface area contributed by atoms with Crippen molar-refractivity contribution < 1.29 is 86.3 Å². The number of ketones is 6. The normalized spacial score (nSPS) is 14.5. The van der Waals surface area contributed by atoms with E-state index >= 15 is 0 Å². The number of rotatable bonds is 18. The molecule has 6 aliphatic heterocycles. The Kier molecular flexibility index (Phi) is 26.2. The van der Waals surface area contributed by atoms with Gasteiger partial charge in [0.15, 0.2) is 0 Å². The maximum Gasteiger partial charge on any atom is 0.258 e. The minimum Gasteiger partial charge on any atom is -0.300 e. The van der Waals surface area contributed by atoms with Crippen molar-refractivity contribution in [3.63, 3.8) is 0 Å². The lowest BCUT2D eigenvalue weighted by Crippen LogP contribution is -2.30. The summed E-state index contributed by atoms with van der Waals surface area (Å²) >= 11 is 0. The highest BCUT2D eigenvalue weighted by Crippen LogP contribution is 2.30. The molecule has 0 N–H and O–H groups in total. The molecule has 6 aromatic rings. The van der Waals surface area contributed by atoms with Crippen molar-refractivity contribution in [3.8, 4) is 0 Å². The Balaban J connectivity index is 0.000000172. The van der Waals surface area contributed by atoms with Crippen molar-refractivity contribution >= 4 is 140 Å². The molecule has 0 atom stereocenters. The van der Waals surface area contributed by atoms with Crippen molar-refractivity contribution in [2.24, 2.45) is 0 Å². The molecule has 12 rings (SSSR count). The predicted octanol–water partition coefficient (Wildman–Crippen LogP) is 7.49. The molecule has 0 bridgehead atoms. The van der Waals surface area contributed by atoms with Gasteiger partial charge in [-0.15, -0.1) is 0 Å². The molecular formula is C78H66N6O18. The van der Waals surface area contributed by atoms with Crippen LogP contribution in [0.25, 0.3) is 0 Å². The lowest BCUT2D eigenvalue weighted by Gasteiger charge is -2.17. The number of carbonyl (C=O) groups is 18. The molecule has 12 amide bonds. The summed E-state index contributed by atoms with van der Waals surface area (Å²) in [6.45, 7) is 8.85. The Hall–Kier alpha value is -13.4. The maximum atomic E-state index is 11.6. The van der Waals surface area contributed by atoms with Gasteiger partial charge >= 0.3 is 0 Å². The number of amides is 12. The van der Waals surface area contributed by atoms with Gasteiger partial charge in [-0.3, -0.25) is 86.3 Å². The molecule has 516 valence electrons. The van der Waals surface area contributed by atoms with Crippen LogP contribution < -0.4 is 29.4 Å². The van der Waals surface area contributed by atoms with Crippen molar-refractivity contribution in [1.82, 2.24) is 0 Å². The first kappa shape index (κ1) is 76.0. The number of hydrogen-bond donors (Lipinski definition) is 0. The van der Waals surface area contributed by atoms with E-state index in [0.717, 1.165) is 29.4 Å². The van der Waals surface area contributed by atoms with Gasteiger partial charge in [0, 0.05) is 111 Å². The first-order chi connectivity index (χ1) is 48.6. The van der Waals surface area contributed by atoms with Gasteiger partial charge < -0.3 is 0 Å². The monoisotopic (exact) mass is 1370 g/mol. The van der Waals surface area contributed by atoms with Gasteiger partial charge in [-0.2, -0.15) is 0 Å². The van der Waals surface area contributed by atoms with Crippen molar-refractivity contribution in [2.45, 2.75) is 80.1 Å². The SMILES string of the molecule is CC(=O)Cc1ccccc1N1C(=O)C=CC1=O.CC(=O)Cc1ccccc1N1C(=O)C=CC1=O.CC(=O)Cc1ccccc1N1C(=O)C=CC1=O.CC(=O)Cc1ccccc1N1C(=O)C=CC1=O.CC(=O)Cc1ccccc1N1C(=O)C=CC1=O.CC(=O)Cc1ccccc1N1C(=O)C=CC1=O. The molecule has 0 aromatic heterocycles. The summed E-state index contributed by atoms with van der Waals surface area (Å²) in [5, 5.41) is 0. The number of imide groups is 6.